The summed E-state index contributed by atoms with van der Waals surface area (Å²) in [6.07, 6.45) is 4.04. The third-order valence-corrected chi connectivity index (χ3v) is 6.39. The van der Waals surface area contributed by atoms with E-state index in [0.29, 0.717) is 41.5 Å². The molecule has 4 aromatic rings. The Kier molecular flexibility index (Phi) is 7.68. The van der Waals surface area contributed by atoms with Gasteiger partial charge in [-0.05, 0) is 60.0 Å². The Balaban J connectivity index is 1.50. The molecular formula is C32H28N2O5. The molecular weight excluding hydrogens is 492 g/mol. The number of hydrogen-bond donors (Lipinski definition) is 1. The molecule has 7 heteroatoms. The third-order valence-electron chi connectivity index (χ3n) is 6.39. The van der Waals surface area contributed by atoms with Gasteiger partial charge in [-0.1, -0.05) is 55.5 Å². The highest BCUT2D eigenvalue weighted by Crippen LogP contribution is 2.42. The van der Waals surface area contributed by atoms with Crippen molar-refractivity contribution < 1.29 is 24.2 Å². The van der Waals surface area contributed by atoms with Crippen LogP contribution in [0.1, 0.15) is 36.1 Å². The zero-order valence-corrected chi connectivity index (χ0v) is 21.5. The second kappa shape index (κ2) is 11.6. The number of anilines is 1. The van der Waals surface area contributed by atoms with Crippen molar-refractivity contribution in [2.75, 3.05) is 11.5 Å². The standard InChI is InChI=1S/C32H28N2O5/c1-2-18-38-27-12-6-10-23(19-27)30(35)28-29(24-11-7-17-33-20-24)34(32(37)31(28)36)25-13-15-26(16-14-25)39-21-22-8-4-3-5-9-22/h3-17,19-20,29,35H,2,18,21H2,1H3/b30-28-. The molecule has 1 amide bonds. The third kappa shape index (κ3) is 5.52. The first kappa shape index (κ1) is 25.7. The Morgan fingerprint density at radius 1 is 0.897 bits per heavy atom. The number of nitrogens with zero attached hydrogens (tertiary/aromatic N) is 2. The Bertz CT molecular complexity index is 1480. The van der Waals surface area contributed by atoms with Crippen molar-refractivity contribution in [2.24, 2.45) is 0 Å². The molecule has 1 atom stereocenters. The maximum atomic E-state index is 13.4. The molecule has 1 aliphatic heterocycles. The number of rotatable bonds is 9. The molecule has 0 aliphatic carbocycles. The first-order chi connectivity index (χ1) is 19.1. The van der Waals surface area contributed by atoms with Gasteiger partial charge >= 0.3 is 0 Å². The van der Waals surface area contributed by atoms with Crippen molar-refractivity contribution in [1.82, 2.24) is 4.98 Å². The number of amides is 1. The van der Waals surface area contributed by atoms with E-state index in [4.69, 9.17) is 9.47 Å². The van der Waals surface area contributed by atoms with Gasteiger partial charge in [0.2, 0.25) is 0 Å². The average Bonchev–Trinajstić information content (AvgIpc) is 3.26. The molecule has 196 valence electrons. The van der Waals surface area contributed by atoms with Gasteiger partial charge in [-0.15, -0.1) is 0 Å². The lowest BCUT2D eigenvalue weighted by atomic mass is 9.96. The van der Waals surface area contributed by atoms with Crippen molar-refractivity contribution >= 4 is 23.1 Å². The summed E-state index contributed by atoms with van der Waals surface area (Å²) in [5.41, 5.74) is 2.51. The maximum Gasteiger partial charge on any atom is 0.300 e. The van der Waals surface area contributed by atoms with Gasteiger partial charge in [0.15, 0.2) is 0 Å². The number of carbonyl (C=O) groups is 2. The van der Waals surface area contributed by atoms with Crippen molar-refractivity contribution in [1.29, 1.82) is 0 Å². The van der Waals surface area contributed by atoms with Crippen molar-refractivity contribution in [3.63, 3.8) is 0 Å². The summed E-state index contributed by atoms with van der Waals surface area (Å²) in [5.74, 6) is -0.581. The van der Waals surface area contributed by atoms with E-state index in [9.17, 15) is 14.7 Å². The quantitative estimate of drug-likeness (QED) is 0.164. The van der Waals surface area contributed by atoms with Gasteiger partial charge < -0.3 is 14.6 Å². The molecule has 1 saturated heterocycles. The maximum absolute atomic E-state index is 13.4. The smallest absolute Gasteiger partial charge is 0.300 e. The Morgan fingerprint density at radius 2 is 1.69 bits per heavy atom. The summed E-state index contributed by atoms with van der Waals surface area (Å²) in [5, 5.41) is 11.4. The number of aliphatic hydroxyl groups is 1. The first-order valence-electron chi connectivity index (χ1n) is 12.8. The Hall–Kier alpha value is -4.91. The van der Waals surface area contributed by atoms with E-state index in [1.807, 2.05) is 37.3 Å². The molecule has 0 spiro atoms. The van der Waals surface area contributed by atoms with Gasteiger partial charge in [-0.25, -0.2) is 0 Å². The van der Waals surface area contributed by atoms with E-state index in [2.05, 4.69) is 4.98 Å². The molecule has 1 N–H and O–H groups in total. The lowest BCUT2D eigenvalue weighted by Gasteiger charge is -2.25. The van der Waals surface area contributed by atoms with Crippen LogP contribution in [0, 0.1) is 0 Å². The number of aromatic nitrogens is 1. The molecule has 0 saturated carbocycles. The lowest BCUT2D eigenvalue weighted by Crippen LogP contribution is -2.29. The number of benzene rings is 3. The number of carbonyl (C=O) groups excluding carboxylic acids is 2. The molecule has 5 rings (SSSR count). The summed E-state index contributed by atoms with van der Waals surface area (Å²) in [7, 11) is 0. The monoisotopic (exact) mass is 520 g/mol. The van der Waals surface area contributed by atoms with Crippen LogP contribution in [0.25, 0.3) is 5.76 Å². The van der Waals surface area contributed by atoms with Gasteiger partial charge in [-0.3, -0.25) is 19.5 Å². The van der Waals surface area contributed by atoms with Crippen LogP contribution in [0.15, 0.2) is 109 Å². The van der Waals surface area contributed by atoms with Crippen molar-refractivity contribution in [2.45, 2.75) is 26.0 Å². The molecule has 2 heterocycles. The number of ketones is 1. The van der Waals surface area contributed by atoms with Crippen molar-refractivity contribution in [3.05, 3.63) is 126 Å². The Morgan fingerprint density at radius 3 is 2.41 bits per heavy atom. The average molecular weight is 521 g/mol. The fourth-order valence-corrected chi connectivity index (χ4v) is 4.50. The molecule has 1 aliphatic rings. The van der Waals surface area contributed by atoms with Gasteiger partial charge in [0, 0.05) is 23.6 Å². The van der Waals surface area contributed by atoms with E-state index < -0.39 is 17.7 Å². The fourth-order valence-electron chi connectivity index (χ4n) is 4.50. The first-order valence-corrected chi connectivity index (χ1v) is 12.8. The van der Waals surface area contributed by atoms with Crippen LogP contribution >= 0.6 is 0 Å². The Labute approximate surface area is 227 Å². The van der Waals surface area contributed by atoms with E-state index in [1.165, 1.54) is 4.90 Å². The van der Waals surface area contributed by atoms with Crippen LogP contribution in [0.5, 0.6) is 11.5 Å². The largest absolute Gasteiger partial charge is 0.507 e. The molecule has 1 unspecified atom stereocenters. The molecule has 3 aromatic carbocycles. The minimum atomic E-state index is -0.866. The molecule has 0 bridgehead atoms. The van der Waals surface area contributed by atoms with Gasteiger partial charge in [-0.2, -0.15) is 0 Å². The predicted molar refractivity (Wildman–Crippen MR) is 148 cm³/mol. The second-order valence-corrected chi connectivity index (χ2v) is 9.10. The summed E-state index contributed by atoms with van der Waals surface area (Å²) >= 11 is 0. The molecule has 0 radical (unpaired) electrons. The highest BCUT2D eigenvalue weighted by molar-refractivity contribution is 6.51. The zero-order valence-electron chi connectivity index (χ0n) is 21.5. The second-order valence-electron chi connectivity index (χ2n) is 9.10. The SMILES string of the molecule is CCCOc1cccc(/C(O)=C2/C(=O)C(=O)N(c3ccc(OCc4ccccc4)cc3)C2c2cccnc2)c1. The molecule has 1 aromatic heterocycles. The summed E-state index contributed by atoms with van der Waals surface area (Å²) in [6.45, 7) is 2.93. The van der Waals surface area contributed by atoms with Gasteiger partial charge in [0.05, 0.1) is 18.2 Å². The predicted octanol–water partition coefficient (Wildman–Crippen LogP) is 6.08. The van der Waals surface area contributed by atoms with Crippen LogP contribution < -0.4 is 14.4 Å². The van der Waals surface area contributed by atoms with Crippen LogP contribution in [-0.2, 0) is 16.2 Å². The summed E-state index contributed by atoms with van der Waals surface area (Å²) < 4.78 is 11.6. The number of pyridine rings is 1. The normalized spacial score (nSPS) is 16.3. The van der Waals surface area contributed by atoms with Crippen LogP contribution in [-0.4, -0.2) is 28.4 Å². The highest BCUT2D eigenvalue weighted by atomic mass is 16.5. The van der Waals surface area contributed by atoms with Crippen LogP contribution in [0.2, 0.25) is 0 Å². The number of Topliss-reactive ketones (excluding diaryl/α,β-unsaturated/α-hetero) is 1. The van der Waals surface area contributed by atoms with E-state index in [1.54, 1.807) is 73.1 Å². The van der Waals surface area contributed by atoms with E-state index in [0.717, 1.165) is 12.0 Å². The molecule has 1 fully saturated rings. The number of hydrogen-bond acceptors (Lipinski definition) is 6. The topological polar surface area (TPSA) is 89.0 Å². The minimum absolute atomic E-state index is 0.00922. The van der Waals surface area contributed by atoms with E-state index >= 15 is 0 Å². The van der Waals surface area contributed by atoms with Gasteiger partial charge in [0.25, 0.3) is 11.7 Å². The van der Waals surface area contributed by atoms with E-state index in [-0.39, 0.29) is 11.3 Å². The summed E-state index contributed by atoms with van der Waals surface area (Å²) in [6, 6.07) is 26.3. The van der Waals surface area contributed by atoms with Crippen molar-refractivity contribution in [3.8, 4) is 11.5 Å². The number of aliphatic hydroxyl groups excluding tert-OH is 1. The fraction of sp³-hybridized carbons (Fsp3) is 0.156. The number of ether oxygens (including phenoxy) is 2. The molecule has 39 heavy (non-hydrogen) atoms. The summed E-state index contributed by atoms with van der Waals surface area (Å²) in [4.78, 5) is 32.4. The minimum Gasteiger partial charge on any atom is -0.507 e. The van der Waals surface area contributed by atoms with Crippen LogP contribution in [0.3, 0.4) is 0 Å². The van der Waals surface area contributed by atoms with Crippen LogP contribution in [0.4, 0.5) is 5.69 Å². The molecule has 7 nitrogen and oxygen atoms in total. The zero-order chi connectivity index (χ0) is 27.2. The highest BCUT2D eigenvalue weighted by Gasteiger charge is 2.47. The lowest BCUT2D eigenvalue weighted by molar-refractivity contribution is -0.132. The van der Waals surface area contributed by atoms with Gasteiger partial charge in [0.1, 0.15) is 23.9 Å².